The summed E-state index contributed by atoms with van der Waals surface area (Å²) in [4.78, 5) is 14.1. The van der Waals surface area contributed by atoms with Crippen LogP contribution < -0.4 is 0 Å². The van der Waals surface area contributed by atoms with Gasteiger partial charge in [-0.05, 0) is 18.4 Å². The summed E-state index contributed by atoms with van der Waals surface area (Å²) in [5, 5.41) is 0. The van der Waals surface area contributed by atoms with Crippen LogP contribution in [0.4, 0.5) is 0 Å². The predicted octanol–water partition coefficient (Wildman–Crippen LogP) is 0.301. The molecule has 0 aromatic rings. The molecule has 0 aromatic carbocycles. The largest absolute Gasteiger partial charge is 0.316 e. The molecule has 0 spiro atoms. The zero-order valence-electron chi connectivity index (χ0n) is 4.53. The highest BCUT2D eigenvalue weighted by Gasteiger charge is 2.17. The van der Waals surface area contributed by atoms with Gasteiger partial charge in [-0.15, -0.1) is 0 Å². The minimum atomic E-state index is -0.165. The lowest BCUT2D eigenvalue weighted by Crippen LogP contribution is -2.13. The number of nitrogens with zero attached hydrogens (tertiary/aromatic N) is 3. The molecule has 0 radical (unpaired) electrons. The third-order valence-electron chi connectivity index (χ3n) is 0.887. The summed E-state index contributed by atoms with van der Waals surface area (Å²) in [7, 11) is 5.21. The maximum Gasteiger partial charge on any atom is 0.268 e. The number of carbonyl (C=O) groups is 1. The number of aliphatic imine (C=N–C) groups is 1. The maximum atomic E-state index is 10.5. The zero-order valence-corrected chi connectivity index (χ0v) is 6.69. The first-order valence-corrected chi connectivity index (χ1v) is 3.21. The second-order valence-electron chi connectivity index (χ2n) is 1.55. The molecule has 48 valence electrons. The number of hydrogen-bond acceptors (Lipinski definition) is 3. The van der Waals surface area contributed by atoms with Gasteiger partial charge in [0, 0.05) is 0 Å². The van der Waals surface area contributed by atoms with Crippen LogP contribution in [0.1, 0.15) is 0 Å². The molecule has 1 amide bonds. The van der Waals surface area contributed by atoms with Crippen molar-refractivity contribution < 1.29 is 4.79 Å². The highest BCUT2D eigenvalue weighted by Crippen LogP contribution is 2.09. The first-order chi connectivity index (χ1) is 4.24. The Labute approximate surface area is 56.9 Å². The molecule has 0 bridgehead atoms. The van der Waals surface area contributed by atoms with E-state index in [1.165, 1.54) is 0 Å². The Kier molecular flexibility index (Phi) is 1.89. The van der Waals surface area contributed by atoms with E-state index in [1.54, 1.807) is 4.67 Å². The Morgan fingerprint density at radius 3 is 2.78 bits per heavy atom. The quantitative estimate of drug-likeness (QED) is 0.479. The second-order valence-corrected chi connectivity index (χ2v) is 2.39. The summed E-state index contributed by atoms with van der Waals surface area (Å²) in [6.07, 6.45) is 0. The van der Waals surface area contributed by atoms with Gasteiger partial charge >= 0.3 is 0 Å². The van der Waals surface area contributed by atoms with E-state index < -0.39 is 0 Å². The molecule has 0 N–H and O–H groups in total. The number of hydrogen-bond donors (Lipinski definition) is 0. The molecule has 1 heterocycles. The van der Waals surface area contributed by atoms with Crippen molar-refractivity contribution in [2.75, 3.05) is 6.54 Å². The molecule has 0 saturated heterocycles. The van der Waals surface area contributed by atoms with Gasteiger partial charge in [0.05, 0.1) is 0 Å². The average molecular weight is 161 g/mol. The van der Waals surface area contributed by atoms with E-state index in [0.29, 0.717) is 12.5 Å². The Morgan fingerprint density at radius 2 is 2.56 bits per heavy atom. The standard InChI is InChI=1S/C3H5N3OP2/c7-2-1-6(9)3(4-2)5-8/h8H,1,9H2. The van der Waals surface area contributed by atoms with Gasteiger partial charge in [-0.3, -0.25) is 4.79 Å². The lowest BCUT2D eigenvalue weighted by atomic mass is 10.7. The third kappa shape index (κ3) is 1.32. The number of amides is 1. The van der Waals surface area contributed by atoms with Gasteiger partial charge in [0.1, 0.15) is 6.54 Å². The molecule has 1 aliphatic heterocycles. The Hall–Kier alpha value is -0.330. The van der Waals surface area contributed by atoms with Crippen LogP contribution in [-0.4, -0.2) is 23.1 Å². The van der Waals surface area contributed by atoms with Crippen LogP contribution in [-0.2, 0) is 4.79 Å². The van der Waals surface area contributed by atoms with E-state index in [1.807, 2.05) is 0 Å². The number of guanidine groups is 1. The summed E-state index contributed by atoms with van der Waals surface area (Å²) >= 11 is 0. The lowest BCUT2D eigenvalue weighted by molar-refractivity contribution is -0.116. The van der Waals surface area contributed by atoms with E-state index in [2.05, 4.69) is 28.2 Å². The van der Waals surface area contributed by atoms with Crippen LogP contribution in [0.5, 0.6) is 0 Å². The van der Waals surface area contributed by atoms with Gasteiger partial charge in [-0.2, -0.15) is 9.74 Å². The molecular weight excluding hydrogens is 156 g/mol. The van der Waals surface area contributed by atoms with Crippen molar-refractivity contribution in [1.29, 1.82) is 0 Å². The van der Waals surface area contributed by atoms with Crippen molar-refractivity contribution in [2.45, 2.75) is 0 Å². The molecule has 1 atom stereocenters. The van der Waals surface area contributed by atoms with E-state index in [4.69, 9.17) is 0 Å². The molecule has 1 unspecified atom stereocenters. The van der Waals surface area contributed by atoms with Gasteiger partial charge < -0.3 is 4.67 Å². The van der Waals surface area contributed by atoms with Gasteiger partial charge in [-0.1, -0.05) is 0 Å². The molecule has 4 nitrogen and oxygen atoms in total. The smallest absolute Gasteiger partial charge is 0.268 e. The van der Waals surface area contributed by atoms with Crippen LogP contribution in [0.25, 0.3) is 0 Å². The van der Waals surface area contributed by atoms with E-state index in [0.717, 1.165) is 0 Å². The molecule has 6 heteroatoms. The van der Waals surface area contributed by atoms with Crippen molar-refractivity contribution in [3.8, 4) is 0 Å². The first kappa shape index (κ1) is 6.79. The molecule has 1 rings (SSSR count). The minimum absolute atomic E-state index is 0.165. The molecule has 0 fully saturated rings. The Balaban J connectivity index is 2.80. The summed E-state index contributed by atoms with van der Waals surface area (Å²) in [5.74, 6) is 0.240. The molecular formula is C3H5N3OP2. The lowest BCUT2D eigenvalue weighted by Gasteiger charge is -2.04. The highest BCUT2D eigenvalue weighted by atomic mass is 31.0. The van der Waals surface area contributed by atoms with Crippen LogP contribution in [0.2, 0.25) is 0 Å². The molecule has 9 heavy (non-hydrogen) atoms. The van der Waals surface area contributed by atoms with Gasteiger partial charge in [0.25, 0.3) is 5.91 Å². The Morgan fingerprint density at radius 1 is 1.89 bits per heavy atom. The topological polar surface area (TPSA) is 45.0 Å². The average Bonchev–Trinajstić information content (AvgIpc) is 2.10. The van der Waals surface area contributed by atoms with E-state index >= 15 is 0 Å². The molecule has 0 aromatic heterocycles. The maximum absolute atomic E-state index is 10.5. The van der Waals surface area contributed by atoms with Crippen molar-refractivity contribution in [3.63, 3.8) is 0 Å². The molecule has 0 saturated carbocycles. The van der Waals surface area contributed by atoms with Crippen LogP contribution in [0, 0.1) is 0 Å². The Bertz CT molecular complexity index is 189. The molecule has 1 aliphatic rings. The second kappa shape index (κ2) is 2.51. The van der Waals surface area contributed by atoms with Crippen molar-refractivity contribution in [1.82, 2.24) is 4.67 Å². The third-order valence-corrected chi connectivity index (χ3v) is 1.50. The highest BCUT2D eigenvalue weighted by molar-refractivity contribution is 7.15. The van der Waals surface area contributed by atoms with E-state index in [9.17, 15) is 4.79 Å². The normalized spacial score (nSPS) is 18.1. The van der Waals surface area contributed by atoms with Crippen molar-refractivity contribution >= 4 is 30.3 Å². The minimum Gasteiger partial charge on any atom is -0.316 e. The monoisotopic (exact) mass is 161 g/mol. The van der Waals surface area contributed by atoms with Gasteiger partial charge in [-0.25, -0.2) is 0 Å². The van der Waals surface area contributed by atoms with Gasteiger partial charge in [0.2, 0.25) is 5.96 Å². The summed E-state index contributed by atoms with van der Waals surface area (Å²) in [5.41, 5.74) is 0. The zero-order chi connectivity index (χ0) is 6.85. The summed E-state index contributed by atoms with van der Waals surface area (Å²) in [6, 6.07) is 0. The van der Waals surface area contributed by atoms with Crippen LogP contribution >= 0.6 is 18.4 Å². The fourth-order valence-corrected chi connectivity index (χ4v) is 1.08. The van der Waals surface area contributed by atoms with Crippen molar-refractivity contribution in [2.24, 2.45) is 9.74 Å². The SMILES string of the molecule is O=C1CN(P)C(N=P)=N1. The van der Waals surface area contributed by atoms with Crippen molar-refractivity contribution in [3.05, 3.63) is 0 Å². The number of rotatable bonds is 0. The summed E-state index contributed by atoms with van der Waals surface area (Å²) in [6.45, 7) is 0.300. The van der Waals surface area contributed by atoms with Gasteiger partial charge in [0.15, 0.2) is 0 Å². The van der Waals surface area contributed by atoms with Crippen LogP contribution in [0.15, 0.2) is 9.74 Å². The van der Waals surface area contributed by atoms with Crippen LogP contribution in [0.3, 0.4) is 0 Å². The fourth-order valence-electron chi connectivity index (χ4n) is 0.517. The molecule has 0 aliphatic carbocycles. The first-order valence-electron chi connectivity index (χ1n) is 2.25. The summed E-state index contributed by atoms with van der Waals surface area (Å²) < 4.78 is 5.14. The van der Waals surface area contributed by atoms with E-state index in [-0.39, 0.29) is 5.91 Å². The fraction of sp³-hybridized carbons (Fsp3) is 0.333. The predicted molar refractivity (Wildman–Crippen MR) is 39.6 cm³/mol. The number of carbonyl (C=O) groups excluding carboxylic acids is 1.